The number of methoxy groups -OCH3 is 1. The zero-order valence-corrected chi connectivity index (χ0v) is 11.5. The molecule has 1 aromatic heterocycles. The molecule has 0 amide bonds. The molecule has 0 atom stereocenters. The number of hydrogen-bond acceptors (Lipinski definition) is 3. The third-order valence-corrected chi connectivity index (χ3v) is 3.28. The number of Topliss-reactive ketones (excluding diaryl/α,β-unsaturated/α-hetero) is 1. The maximum absolute atomic E-state index is 11.5. The van der Waals surface area contributed by atoms with Gasteiger partial charge in [-0.25, -0.2) is 0 Å². The van der Waals surface area contributed by atoms with Gasteiger partial charge < -0.3 is 4.74 Å². The molecule has 0 radical (unpaired) electrons. The number of rotatable bonds is 6. The van der Waals surface area contributed by atoms with Crippen molar-refractivity contribution in [1.29, 1.82) is 0 Å². The van der Waals surface area contributed by atoms with Gasteiger partial charge in [0, 0.05) is 13.7 Å². The summed E-state index contributed by atoms with van der Waals surface area (Å²) in [5.74, 6) is 0.0699. The molecule has 1 heterocycles. The molecule has 0 N–H and O–H groups in total. The van der Waals surface area contributed by atoms with Gasteiger partial charge in [0.15, 0.2) is 5.78 Å². The molecule has 1 aromatic rings. The lowest BCUT2D eigenvalue weighted by Crippen LogP contribution is -2.13. The van der Waals surface area contributed by atoms with Crippen LogP contribution in [0, 0.1) is 0 Å². The van der Waals surface area contributed by atoms with Crippen LogP contribution in [-0.2, 0) is 28.9 Å². The minimum absolute atomic E-state index is 0.0699. The van der Waals surface area contributed by atoms with Crippen LogP contribution >= 0.6 is 15.9 Å². The van der Waals surface area contributed by atoms with Crippen molar-refractivity contribution in [2.75, 3.05) is 13.7 Å². The predicted molar refractivity (Wildman–Crippen MR) is 65.6 cm³/mol. The second-order valence-corrected chi connectivity index (χ2v) is 4.32. The first-order valence-corrected chi connectivity index (χ1v) is 6.17. The predicted octanol–water partition coefficient (Wildman–Crippen LogP) is 1.99. The number of aromatic nitrogens is 2. The normalized spacial score (nSPS) is 10.8. The van der Waals surface area contributed by atoms with E-state index in [-0.39, 0.29) is 12.4 Å². The van der Waals surface area contributed by atoms with E-state index in [2.05, 4.69) is 21.0 Å². The maximum atomic E-state index is 11.5. The van der Waals surface area contributed by atoms with Crippen LogP contribution in [0.3, 0.4) is 0 Å². The Morgan fingerprint density at radius 1 is 1.50 bits per heavy atom. The summed E-state index contributed by atoms with van der Waals surface area (Å²) in [5, 5.41) is 4.44. The van der Waals surface area contributed by atoms with Crippen LogP contribution in [0.2, 0.25) is 0 Å². The second kappa shape index (κ2) is 6.15. The van der Waals surface area contributed by atoms with Crippen molar-refractivity contribution in [2.24, 2.45) is 0 Å². The van der Waals surface area contributed by atoms with Gasteiger partial charge >= 0.3 is 0 Å². The van der Waals surface area contributed by atoms with E-state index < -0.39 is 0 Å². The Morgan fingerprint density at radius 2 is 2.19 bits per heavy atom. The highest BCUT2D eigenvalue weighted by Crippen LogP contribution is 2.22. The Morgan fingerprint density at radius 3 is 2.69 bits per heavy atom. The van der Waals surface area contributed by atoms with Gasteiger partial charge in [-0.1, -0.05) is 6.92 Å². The van der Waals surface area contributed by atoms with Gasteiger partial charge in [-0.2, -0.15) is 5.10 Å². The van der Waals surface area contributed by atoms with Gasteiger partial charge in [0.05, 0.1) is 22.3 Å². The molecule has 0 aliphatic carbocycles. The number of nitrogens with zero attached hydrogens (tertiary/aromatic N) is 2. The summed E-state index contributed by atoms with van der Waals surface area (Å²) in [6.07, 6.45) is 1.23. The maximum Gasteiger partial charge on any atom is 0.164 e. The van der Waals surface area contributed by atoms with Gasteiger partial charge in [-0.3, -0.25) is 9.48 Å². The fraction of sp³-hybridized carbons (Fsp3) is 0.636. The standard InChI is InChI=1S/C11H17BrN2O2/c1-4-9-11(12)10(14(5-2)13-9)6-8(15)7-16-3/h4-7H2,1-3H3. The van der Waals surface area contributed by atoms with Crippen LogP contribution in [0.1, 0.15) is 25.2 Å². The van der Waals surface area contributed by atoms with Crippen molar-refractivity contribution in [1.82, 2.24) is 9.78 Å². The van der Waals surface area contributed by atoms with Gasteiger partial charge in [0.1, 0.15) is 6.61 Å². The van der Waals surface area contributed by atoms with Crippen LogP contribution in [0.5, 0.6) is 0 Å². The summed E-state index contributed by atoms with van der Waals surface area (Å²) in [7, 11) is 1.53. The molecule has 90 valence electrons. The molecular formula is C11H17BrN2O2. The van der Waals surface area contributed by atoms with Crippen molar-refractivity contribution in [3.05, 3.63) is 15.9 Å². The van der Waals surface area contributed by atoms with E-state index in [1.54, 1.807) is 0 Å². The number of carbonyl (C=O) groups excluding carboxylic acids is 1. The van der Waals surface area contributed by atoms with Gasteiger partial charge in [0.25, 0.3) is 0 Å². The molecule has 4 nitrogen and oxygen atoms in total. The lowest BCUT2D eigenvalue weighted by molar-refractivity contribution is -0.122. The summed E-state index contributed by atoms with van der Waals surface area (Å²) in [6.45, 7) is 4.99. The molecule has 0 spiro atoms. The van der Waals surface area contributed by atoms with Crippen LogP contribution in [-0.4, -0.2) is 29.3 Å². The van der Waals surface area contributed by atoms with Crippen molar-refractivity contribution in [3.8, 4) is 0 Å². The van der Waals surface area contributed by atoms with Crippen LogP contribution in [0.4, 0.5) is 0 Å². The quantitative estimate of drug-likeness (QED) is 0.804. The van der Waals surface area contributed by atoms with Gasteiger partial charge in [-0.05, 0) is 29.3 Å². The second-order valence-electron chi connectivity index (χ2n) is 3.53. The summed E-state index contributed by atoms with van der Waals surface area (Å²) in [4.78, 5) is 11.5. The van der Waals surface area contributed by atoms with E-state index in [1.165, 1.54) is 7.11 Å². The fourth-order valence-electron chi connectivity index (χ4n) is 1.58. The Hall–Kier alpha value is -0.680. The monoisotopic (exact) mass is 288 g/mol. The summed E-state index contributed by atoms with van der Waals surface area (Å²) < 4.78 is 7.66. The van der Waals surface area contributed by atoms with Crippen molar-refractivity contribution < 1.29 is 9.53 Å². The molecule has 0 aromatic carbocycles. The van der Waals surface area contributed by atoms with Crippen LogP contribution < -0.4 is 0 Å². The minimum atomic E-state index is 0.0699. The highest BCUT2D eigenvalue weighted by atomic mass is 79.9. The van der Waals surface area contributed by atoms with E-state index in [4.69, 9.17) is 4.74 Å². The van der Waals surface area contributed by atoms with Gasteiger partial charge in [-0.15, -0.1) is 0 Å². The number of halogens is 1. The Balaban J connectivity index is 2.93. The fourth-order valence-corrected chi connectivity index (χ4v) is 2.29. The molecule has 0 saturated heterocycles. The molecule has 0 bridgehead atoms. The smallest absolute Gasteiger partial charge is 0.164 e. The first-order valence-electron chi connectivity index (χ1n) is 5.38. The Labute approximate surface area is 104 Å². The van der Waals surface area contributed by atoms with E-state index in [9.17, 15) is 4.79 Å². The lowest BCUT2D eigenvalue weighted by atomic mass is 10.2. The average molecular weight is 289 g/mol. The van der Waals surface area contributed by atoms with Crippen LogP contribution in [0.25, 0.3) is 0 Å². The van der Waals surface area contributed by atoms with E-state index in [0.29, 0.717) is 6.42 Å². The highest BCUT2D eigenvalue weighted by Gasteiger charge is 2.16. The Bertz CT molecular complexity index is 374. The first kappa shape index (κ1) is 13.4. The largest absolute Gasteiger partial charge is 0.377 e. The molecule has 0 aliphatic rings. The topological polar surface area (TPSA) is 44.1 Å². The molecule has 5 heteroatoms. The third-order valence-electron chi connectivity index (χ3n) is 2.36. The molecular weight excluding hydrogens is 272 g/mol. The number of carbonyl (C=O) groups is 1. The van der Waals surface area contributed by atoms with Gasteiger partial charge in [0.2, 0.25) is 0 Å². The summed E-state index contributed by atoms with van der Waals surface area (Å²) in [5.41, 5.74) is 1.95. The third kappa shape index (κ3) is 2.92. The molecule has 0 fully saturated rings. The molecule has 0 unspecified atom stereocenters. The van der Waals surface area contributed by atoms with Crippen molar-refractivity contribution in [3.63, 3.8) is 0 Å². The lowest BCUT2D eigenvalue weighted by Gasteiger charge is -2.04. The van der Waals surface area contributed by atoms with E-state index >= 15 is 0 Å². The highest BCUT2D eigenvalue weighted by molar-refractivity contribution is 9.10. The zero-order valence-electron chi connectivity index (χ0n) is 9.92. The molecule has 0 aliphatic heterocycles. The SMILES string of the molecule is CCc1nn(CC)c(CC(=O)COC)c1Br. The minimum Gasteiger partial charge on any atom is -0.377 e. The summed E-state index contributed by atoms with van der Waals surface area (Å²) >= 11 is 3.51. The molecule has 16 heavy (non-hydrogen) atoms. The summed E-state index contributed by atoms with van der Waals surface area (Å²) in [6, 6.07) is 0. The molecule has 0 saturated carbocycles. The zero-order chi connectivity index (χ0) is 12.1. The van der Waals surface area contributed by atoms with Crippen molar-refractivity contribution in [2.45, 2.75) is 33.2 Å². The number of ether oxygens (including phenoxy) is 1. The van der Waals surface area contributed by atoms with Crippen LogP contribution in [0.15, 0.2) is 4.47 Å². The van der Waals surface area contributed by atoms with Crippen molar-refractivity contribution >= 4 is 21.7 Å². The number of hydrogen-bond donors (Lipinski definition) is 0. The Kier molecular flexibility index (Phi) is 5.15. The van der Waals surface area contributed by atoms with E-state index in [1.807, 2.05) is 18.5 Å². The average Bonchev–Trinajstić information content (AvgIpc) is 2.56. The molecule has 1 rings (SSSR count). The number of ketones is 1. The number of aryl methyl sites for hydroxylation is 2. The first-order chi connectivity index (χ1) is 7.63. The van der Waals surface area contributed by atoms with E-state index in [0.717, 1.165) is 28.8 Å².